The number of carbonyl (C=O) groups is 1. The molecule has 2 rings (SSSR count). The van der Waals surface area contributed by atoms with Crippen LogP contribution >= 0.6 is 12.2 Å². The molecular formula is C18H24N2O2S. The fraction of sp³-hybridized carbons (Fsp3) is 0.444. The first-order chi connectivity index (χ1) is 11.1. The summed E-state index contributed by atoms with van der Waals surface area (Å²) in [7, 11) is 0. The van der Waals surface area contributed by atoms with E-state index in [9.17, 15) is 4.79 Å². The second-order valence-corrected chi connectivity index (χ2v) is 6.16. The SMILES string of the molecule is CCC(CC)C1NC(=S)NC(C)=C1C(=O)OCc1ccccc1. The normalized spacial score (nSPS) is 17.7. The lowest BCUT2D eigenvalue weighted by molar-refractivity contribution is -0.141. The van der Waals surface area contributed by atoms with Gasteiger partial charge in [-0.2, -0.15) is 0 Å². The molecule has 1 aliphatic rings. The minimum Gasteiger partial charge on any atom is -0.457 e. The van der Waals surface area contributed by atoms with E-state index in [0.717, 1.165) is 24.1 Å². The zero-order valence-electron chi connectivity index (χ0n) is 13.9. The van der Waals surface area contributed by atoms with Crippen molar-refractivity contribution in [3.05, 3.63) is 47.2 Å². The van der Waals surface area contributed by atoms with E-state index in [1.807, 2.05) is 37.3 Å². The Kier molecular flexibility index (Phi) is 6.16. The smallest absolute Gasteiger partial charge is 0.338 e. The summed E-state index contributed by atoms with van der Waals surface area (Å²) in [4.78, 5) is 12.6. The molecule has 0 fully saturated rings. The van der Waals surface area contributed by atoms with Crippen LogP contribution in [0.25, 0.3) is 0 Å². The van der Waals surface area contributed by atoms with Crippen LogP contribution in [0.3, 0.4) is 0 Å². The number of nitrogens with one attached hydrogen (secondary N) is 2. The Bertz CT molecular complexity index is 594. The second kappa shape index (κ2) is 8.11. The summed E-state index contributed by atoms with van der Waals surface area (Å²) in [6.07, 6.45) is 1.94. The molecule has 0 amide bonds. The molecule has 5 heteroatoms. The summed E-state index contributed by atoms with van der Waals surface area (Å²) in [5.74, 6) is 0.0510. The number of benzene rings is 1. The van der Waals surface area contributed by atoms with Gasteiger partial charge in [0.1, 0.15) is 6.61 Å². The molecule has 1 aromatic carbocycles. The van der Waals surface area contributed by atoms with Crippen LogP contribution in [-0.2, 0) is 16.1 Å². The highest BCUT2D eigenvalue weighted by Crippen LogP contribution is 2.25. The van der Waals surface area contributed by atoms with Crippen LogP contribution < -0.4 is 10.6 Å². The summed E-state index contributed by atoms with van der Waals surface area (Å²) < 4.78 is 5.52. The molecule has 0 saturated carbocycles. The van der Waals surface area contributed by atoms with E-state index in [1.54, 1.807) is 0 Å². The molecule has 0 aliphatic carbocycles. The van der Waals surface area contributed by atoms with Crippen molar-refractivity contribution >= 4 is 23.3 Å². The first kappa shape index (κ1) is 17.5. The van der Waals surface area contributed by atoms with E-state index in [2.05, 4.69) is 24.5 Å². The fourth-order valence-corrected chi connectivity index (χ4v) is 3.19. The van der Waals surface area contributed by atoms with Crippen LogP contribution in [0.4, 0.5) is 0 Å². The Balaban J connectivity index is 2.16. The molecule has 1 aromatic rings. The highest BCUT2D eigenvalue weighted by atomic mass is 32.1. The third kappa shape index (κ3) is 4.32. The van der Waals surface area contributed by atoms with Crippen LogP contribution in [0.1, 0.15) is 39.2 Å². The Morgan fingerprint density at radius 3 is 2.52 bits per heavy atom. The van der Waals surface area contributed by atoms with Crippen LogP contribution in [0.15, 0.2) is 41.6 Å². The van der Waals surface area contributed by atoms with Crippen LogP contribution in [0.2, 0.25) is 0 Å². The lowest BCUT2D eigenvalue weighted by atomic mass is 9.87. The van der Waals surface area contributed by atoms with Crippen molar-refractivity contribution in [1.29, 1.82) is 0 Å². The number of carbonyl (C=O) groups excluding carboxylic acids is 1. The molecule has 23 heavy (non-hydrogen) atoms. The number of thiocarbonyl (C=S) groups is 1. The molecule has 0 aromatic heterocycles. The van der Waals surface area contributed by atoms with Gasteiger partial charge in [-0.3, -0.25) is 0 Å². The second-order valence-electron chi connectivity index (χ2n) is 5.75. The maximum absolute atomic E-state index is 12.6. The molecule has 4 nitrogen and oxygen atoms in total. The van der Waals surface area contributed by atoms with Gasteiger partial charge in [0.25, 0.3) is 0 Å². The van der Waals surface area contributed by atoms with Crippen molar-refractivity contribution in [2.75, 3.05) is 0 Å². The number of allylic oxidation sites excluding steroid dienone is 1. The molecule has 1 unspecified atom stereocenters. The monoisotopic (exact) mass is 332 g/mol. The first-order valence-electron chi connectivity index (χ1n) is 8.06. The largest absolute Gasteiger partial charge is 0.457 e. The van der Waals surface area contributed by atoms with Crippen LogP contribution in [0, 0.1) is 5.92 Å². The Labute approximate surface area is 143 Å². The predicted octanol–water partition coefficient (Wildman–Crippen LogP) is 3.29. The van der Waals surface area contributed by atoms with Crippen LogP contribution in [0.5, 0.6) is 0 Å². The summed E-state index contributed by atoms with van der Waals surface area (Å²) >= 11 is 5.25. The molecule has 1 aliphatic heterocycles. The summed E-state index contributed by atoms with van der Waals surface area (Å²) in [6.45, 7) is 6.41. The summed E-state index contributed by atoms with van der Waals surface area (Å²) in [5, 5.41) is 6.85. The fourth-order valence-electron chi connectivity index (χ4n) is 2.91. The van der Waals surface area contributed by atoms with Gasteiger partial charge in [0, 0.05) is 5.70 Å². The predicted molar refractivity (Wildman–Crippen MR) is 95.7 cm³/mol. The van der Waals surface area contributed by atoms with Gasteiger partial charge in [-0.05, 0) is 30.6 Å². The van der Waals surface area contributed by atoms with Gasteiger partial charge >= 0.3 is 5.97 Å². The van der Waals surface area contributed by atoms with Gasteiger partial charge in [0.05, 0.1) is 11.6 Å². The average molecular weight is 332 g/mol. The van der Waals surface area contributed by atoms with E-state index in [0.29, 0.717) is 16.6 Å². The van der Waals surface area contributed by atoms with Crippen molar-refractivity contribution in [3.63, 3.8) is 0 Å². The Morgan fingerprint density at radius 1 is 1.26 bits per heavy atom. The standard InChI is InChI=1S/C18H24N2O2S/c1-4-14(5-2)16-15(12(3)19-18(23)20-16)17(21)22-11-13-9-7-6-8-10-13/h6-10,14,16H,4-5,11H2,1-3H3,(H2,19,20,23). The molecule has 0 bridgehead atoms. The van der Waals surface area contributed by atoms with E-state index in [4.69, 9.17) is 17.0 Å². The van der Waals surface area contributed by atoms with Crippen molar-refractivity contribution in [1.82, 2.24) is 10.6 Å². The van der Waals surface area contributed by atoms with Gasteiger partial charge in [-0.25, -0.2) is 4.79 Å². The van der Waals surface area contributed by atoms with Crippen molar-refractivity contribution in [3.8, 4) is 0 Å². The van der Waals surface area contributed by atoms with Crippen molar-refractivity contribution in [2.45, 2.75) is 46.3 Å². The zero-order valence-corrected chi connectivity index (χ0v) is 14.7. The topological polar surface area (TPSA) is 50.4 Å². The van der Waals surface area contributed by atoms with E-state index < -0.39 is 0 Å². The maximum Gasteiger partial charge on any atom is 0.338 e. The van der Waals surface area contributed by atoms with Crippen LogP contribution in [-0.4, -0.2) is 17.1 Å². The molecule has 1 atom stereocenters. The third-order valence-corrected chi connectivity index (χ3v) is 4.48. The van der Waals surface area contributed by atoms with Gasteiger partial charge in [0.2, 0.25) is 0 Å². The summed E-state index contributed by atoms with van der Waals surface area (Å²) in [6, 6.07) is 9.60. The Hall–Kier alpha value is -1.88. The number of ether oxygens (including phenoxy) is 1. The van der Waals surface area contributed by atoms with Crippen molar-refractivity contribution in [2.24, 2.45) is 5.92 Å². The van der Waals surface area contributed by atoms with E-state index in [1.165, 1.54) is 0 Å². The average Bonchev–Trinajstić information content (AvgIpc) is 2.54. The summed E-state index contributed by atoms with van der Waals surface area (Å²) in [5.41, 5.74) is 2.41. The molecule has 0 radical (unpaired) electrons. The molecule has 124 valence electrons. The molecule has 0 saturated heterocycles. The van der Waals surface area contributed by atoms with Gasteiger partial charge < -0.3 is 15.4 Å². The molecule has 2 N–H and O–H groups in total. The van der Waals surface area contributed by atoms with Gasteiger partial charge in [0.15, 0.2) is 5.11 Å². The van der Waals surface area contributed by atoms with E-state index in [-0.39, 0.29) is 18.6 Å². The van der Waals surface area contributed by atoms with Gasteiger partial charge in [-0.1, -0.05) is 57.0 Å². The zero-order chi connectivity index (χ0) is 16.8. The minimum atomic E-state index is -0.286. The third-order valence-electron chi connectivity index (χ3n) is 4.26. The highest BCUT2D eigenvalue weighted by molar-refractivity contribution is 7.80. The first-order valence-corrected chi connectivity index (χ1v) is 8.46. The number of hydrogen-bond donors (Lipinski definition) is 2. The number of hydrogen-bond acceptors (Lipinski definition) is 3. The van der Waals surface area contributed by atoms with Gasteiger partial charge in [-0.15, -0.1) is 0 Å². The number of esters is 1. The Morgan fingerprint density at radius 2 is 1.91 bits per heavy atom. The molecule has 0 spiro atoms. The minimum absolute atomic E-state index is 0.0953. The maximum atomic E-state index is 12.6. The number of rotatable bonds is 6. The lowest BCUT2D eigenvalue weighted by Gasteiger charge is -2.34. The highest BCUT2D eigenvalue weighted by Gasteiger charge is 2.33. The quantitative estimate of drug-likeness (QED) is 0.618. The molecule has 1 heterocycles. The molecular weight excluding hydrogens is 308 g/mol. The van der Waals surface area contributed by atoms with E-state index >= 15 is 0 Å². The lowest BCUT2D eigenvalue weighted by Crippen LogP contribution is -2.52. The van der Waals surface area contributed by atoms with Crippen molar-refractivity contribution < 1.29 is 9.53 Å².